The van der Waals surface area contributed by atoms with Crippen molar-refractivity contribution in [3.63, 3.8) is 0 Å². The Morgan fingerprint density at radius 1 is 0.842 bits per heavy atom. The summed E-state index contributed by atoms with van der Waals surface area (Å²) in [7, 11) is 1.80. The smallest absolute Gasteiger partial charge is 0.0750 e. The molecule has 0 atom stereocenters. The van der Waals surface area contributed by atoms with Gasteiger partial charge >= 0.3 is 0 Å². The summed E-state index contributed by atoms with van der Waals surface area (Å²) >= 11 is 0. The van der Waals surface area contributed by atoms with Crippen molar-refractivity contribution in [2.24, 2.45) is 7.05 Å². The van der Waals surface area contributed by atoms with Crippen LogP contribution >= 0.6 is 0 Å². The van der Waals surface area contributed by atoms with Gasteiger partial charge in [-0.3, -0.25) is 4.68 Å². The Morgan fingerprint density at radius 3 is 1.95 bits per heavy atom. The van der Waals surface area contributed by atoms with E-state index in [1.54, 1.807) is 11.7 Å². The predicted octanol–water partition coefficient (Wildman–Crippen LogP) is 2.83. The van der Waals surface area contributed by atoms with Crippen LogP contribution in [0.3, 0.4) is 0 Å². The highest BCUT2D eigenvalue weighted by molar-refractivity contribution is 5.84. The molecule has 0 aliphatic heterocycles. The van der Waals surface area contributed by atoms with Crippen molar-refractivity contribution >= 4 is 0 Å². The Hall–Kier alpha value is -2.55. The molecule has 0 bridgehead atoms. The van der Waals surface area contributed by atoms with E-state index >= 15 is 0 Å². The molecular formula is C16H13N2O-. The fourth-order valence-corrected chi connectivity index (χ4v) is 2.29. The highest BCUT2D eigenvalue weighted by Gasteiger charge is 2.13. The van der Waals surface area contributed by atoms with Crippen LogP contribution in [0.4, 0.5) is 0 Å². The average Bonchev–Trinajstić information content (AvgIpc) is 2.75. The number of aromatic nitrogens is 2. The Bertz CT molecular complexity index is 628. The molecule has 19 heavy (non-hydrogen) atoms. The molecule has 1 heterocycles. The Balaban J connectivity index is 2.26. The van der Waals surface area contributed by atoms with E-state index in [1.165, 1.54) is 0 Å². The van der Waals surface area contributed by atoms with Crippen LogP contribution in [0.2, 0.25) is 0 Å². The molecule has 0 spiro atoms. The fraction of sp³-hybridized carbons (Fsp3) is 0.0625. The standard InChI is InChI=1S/C16H14N2O/c1-18-15(13-10-6-3-7-11-13)14(16(19)17-18)12-8-4-2-5-9-12/h2-11H,1H3,(H,17,19)/p-1. The first kappa shape index (κ1) is 11.5. The third-order valence-corrected chi connectivity index (χ3v) is 3.12. The minimum Gasteiger partial charge on any atom is -0.857 e. The van der Waals surface area contributed by atoms with Crippen LogP contribution < -0.4 is 5.11 Å². The lowest BCUT2D eigenvalue weighted by atomic mass is 10.0. The zero-order valence-corrected chi connectivity index (χ0v) is 10.6. The Kier molecular flexibility index (Phi) is 2.80. The van der Waals surface area contributed by atoms with E-state index in [0.717, 1.165) is 16.8 Å². The summed E-state index contributed by atoms with van der Waals surface area (Å²) in [5.74, 6) is -0.187. The summed E-state index contributed by atoms with van der Waals surface area (Å²) in [6.45, 7) is 0. The van der Waals surface area contributed by atoms with Gasteiger partial charge in [-0.2, -0.15) is 5.10 Å². The van der Waals surface area contributed by atoms with Crippen molar-refractivity contribution in [3.8, 4) is 28.3 Å². The van der Waals surface area contributed by atoms with Gasteiger partial charge in [0, 0.05) is 24.1 Å². The number of nitrogens with zero attached hydrogens (tertiary/aromatic N) is 2. The minimum atomic E-state index is -0.187. The number of benzene rings is 2. The molecular weight excluding hydrogens is 236 g/mol. The molecule has 1 aromatic heterocycles. The Morgan fingerprint density at radius 2 is 1.37 bits per heavy atom. The second-order valence-corrected chi connectivity index (χ2v) is 4.38. The van der Waals surface area contributed by atoms with Gasteiger partial charge in [-0.15, -0.1) is 0 Å². The fourth-order valence-electron chi connectivity index (χ4n) is 2.29. The topological polar surface area (TPSA) is 40.9 Å². The zero-order chi connectivity index (χ0) is 13.2. The molecule has 3 rings (SSSR count). The lowest BCUT2D eigenvalue weighted by Crippen LogP contribution is -1.95. The van der Waals surface area contributed by atoms with Gasteiger partial charge in [0.05, 0.1) is 5.69 Å². The first-order chi connectivity index (χ1) is 9.27. The molecule has 3 nitrogen and oxygen atoms in total. The second kappa shape index (κ2) is 4.61. The molecule has 0 saturated heterocycles. The van der Waals surface area contributed by atoms with E-state index in [2.05, 4.69) is 5.10 Å². The maximum absolute atomic E-state index is 12.1. The summed E-state index contributed by atoms with van der Waals surface area (Å²) in [6, 6.07) is 19.5. The third-order valence-electron chi connectivity index (χ3n) is 3.12. The lowest BCUT2D eigenvalue weighted by molar-refractivity contribution is -0.274. The largest absolute Gasteiger partial charge is 0.857 e. The molecule has 0 unspecified atom stereocenters. The SMILES string of the molecule is Cn1nc([O-])c(-c2ccccc2)c1-c1ccccc1. The van der Waals surface area contributed by atoms with Crippen LogP contribution in [0.5, 0.6) is 5.88 Å². The molecule has 0 aliphatic rings. The number of hydrogen-bond acceptors (Lipinski definition) is 2. The summed E-state index contributed by atoms with van der Waals surface area (Å²) in [4.78, 5) is 0. The van der Waals surface area contributed by atoms with Crippen molar-refractivity contribution in [3.05, 3.63) is 60.7 Å². The van der Waals surface area contributed by atoms with Crippen molar-refractivity contribution in [2.45, 2.75) is 0 Å². The van der Waals surface area contributed by atoms with Gasteiger partial charge in [-0.25, -0.2) is 0 Å². The van der Waals surface area contributed by atoms with Crippen molar-refractivity contribution in [1.29, 1.82) is 0 Å². The van der Waals surface area contributed by atoms with E-state index in [-0.39, 0.29) is 5.88 Å². The van der Waals surface area contributed by atoms with Gasteiger partial charge in [0.2, 0.25) is 0 Å². The molecule has 3 heteroatoms. The first-order valence-corrected chi connectivity index (χ1v) is 6.12. The highest BCUT2D eigenvalue weighted by Crippen LogP contribution is 2.36. The monoisotopic (exact) mass is 249 g/mol. The van der Waals surface area contributed by atoms with Crippen LogP contribution in [-0.2, 0) is 7.05 Å². The summed E-state index contributed by atoms with van der Waals surface area (Å²) in [6.07, 6.45) is 0. The molecule has 0 saturated carbocycles. The lowest BCUT2D eigenvalue weighted by Gasteiger charge is -2.09. The predicted molar refractivity (Wildman–Crippen MR) is 73.5 cm³/mol. The van der Waals surface area contributed by atoms with Gasteiger partial charge < -0.3 is 5.11 Å². The molecule has 0 radical (unpaired) electrons. The normalized spacial score (nSPS) is 10.6. The van der Waals surface area contributed by atoms with Crippen LogP contribution in [0.1, 0.15) is 0 Å². The molecule has 3 aromatic rings. The van der Waals surface area contributed by atoms with Crippen LogP contribution in [0, 0.1) is 0 Å². The van der Waals surface area contributed by atoms with Crippen LogP contribution in [-0.4, -0.2) is 9.78 Å². The van der Waals surface area contributed by atoms with Crippen molar-refractivity contribution in [1.82, 2.24) is 9.78 Å². The number of aryl methyl sites for hydroxylation is 1. The summed E-state index contributed by atoms with van der Waals surface area (Å²) in [5, 5.41) is 16.1. The molecule has 94 valence electrons. The van der Waals surface area contributed by atoms with Crippen LogP contribution in [0.25, 0.3) is 22.4 Å². The van der Waals surface area contributed by atoms with E-state index in [0.29, 0.717) is 5.56 Å². The quantitative estimate of drug-likeness (QED) is 0.700. The van der Waals surface area contributed by atoms with E-state index < -0.39 is 0 Å². The maximum Gasteiger partial charge on any atom is 0.0750 e. The zero-order valence-electron chi connectivity index (χ0n) is 10.6. The van der Waals surface area contributed by atoms with Crippen LogP contribution in [0.15, 0.2) is 60.7 Å². The van der Waals surface area contributed by atoms with Crippen molar-refractivity contribution in [2.75, 3.05) is 0 Å². The van der Waals surface area contributed by atoms with Gasteiger partial charge in [-0.05, 0) is 5.56 Å². The Labute approximate surface area is 111 Å². The van der Waals surface area contributed by atoms with Gasteiger partial charge in [0.25, 0.3) is 0 Å². The van der Waals surface area contributed by atoms with Crippen molar-refractivity contribution < 1.29 is 5.11 Å². The van der Waals surface area contributed by atoms with Gasteiger partial charge in [0.1, 0.15) is 0 Å². The molecule has 0 fully saturated rings. The third kappa shape index (κ3) is 1.99. The minimum absolute atomic E-state index is 0.187. The summed E-state index contributed by atoms with van der Waals surface area (Å²) in [5.41, 5.74) is 3.42. The molecule has 2 aromatic carbocycles. The average molecular weight is 249 g/mol. The molecule has 0 aliphatic carbocycles. The van der Waals surface area contributed by atoms with Gasteiger partial charge in [-0.1, -0.05) is 60.7 Å². The van der Waals surface area contributed by atoms with E-state index in [1.807, 2.05) is 60.7 Å². The number of rotatable bonds is 2. The number of hydrogen-bond donors (Lipinski definition) is 0. The first-order valence-electron chi connectivity index (χ1n) is 6.12. The molecule has 0 amide bonds. The second-order valence-electron chi connectivity index (χ2n) is 4.38. The maximum atomic E-state index is 12.1. The van der Waals surface area contributed by atoms with E-state index in [4.69, 9.17) is 0 Å². The molecule has 0 N–H and O–H groups in total. The van der Waals surface area contributed by atoms with E-state index in [9.17, 15) is 5.11 Å². The summed E-state index contributed by atoms with van der Waals surface area (Å²) < 4.78 is 1.65. The van der Waals surface area contributed by atoms with Gasteiger partial charge in [0.15, 0.2) is 0 Å². The highest BCUT2D eigenvalue weighted by atomic mass is 16.3.